The number of methoxy groups -OCH3 is 1. The van der Waals surface area contributed by atoms with Crippen molar-refractivity contribution in [1.29, 1.82) is 0 Å². The molecule has 0 radical (unpaired) electrons. The Labute approximate surface area is 121 Å². The van der Waals surface area contributed by atoms with Gasteiger partial charge in [0.2, 0.25) is 0 Å². The number of H-pyrrole nitrogens is 1. The fraction of sp³-hybridized carbons (Fsp3) is 0.286. The number of imidazole rings is 1. The van der Waals surface area contributed by atoms with E-state index in [1.54, 1.807) is 7.11 Å². The van der Waals surface area contributed by atoms with Gasteiger partial charge in [0.05, 0.1) is 24.9 Å². The van der Waals surface area contributed by atoms with Gasteiger partial charge < -0.3 is 18.8 Å². The van der Waals surface area contributed by atoms with E-state index in [-0.39, 0.29) is 0 Å². The Morgan fingerprint density at radius 1 is 1.40 bits per heavy atom. The van der Waals surface area contributed by atoms with Crippen molar-refractivity contribution in [2.45, 2.75) is 20.4 Å². The monoisotopic (exact) mass is 289 g/mol. The number of nitrogens with one attached hydrogen (secondary N) is 1. The topological polar surface area (TPSA) is 56.0 Å². The van der Waals surface area contributed by atoms with Gasteiger partial charge in [-0.05, 0) is 38.2 Å². The number of benzene rings is 1. The summed E-state index contributed by atoms with van der Waals surface area (Å²) in [6.45, 7) is 4.48. The summed E-state index contributed by atoms with van der Waals surface area (Å²) in [4.78, 5) is 3.20. The highest BCUT2D eigenvalue weighted by atomic mass is 32.1. The minimum atomic E-state index is 0.632. The van der Waals surface area contributed by atoms with Crippen LogP contribution in [0.25, 0.3) is 11.0 Å². The van der Waals surface area contributed by atoms with Gasteiger partial charge in [-0.2, -0.15) is 0 Å². The van der Waals surface area contributed by atoms with Crippen molar-refractivity contribution in [3.63, 3.8) is 0 Å². The van der Waals surface area contributed by atoms with Gasteiger partial charge in [0, 0.05) is 5.56 Å². The number of aromatic nitrogens is 3. The molecule has 0 amide bonds. The number of nitrogens with zero attached hydrogens (tertiary/aromatic N) is 2. The smallest absolute Gasteiger partial charge is 0.178 e. The van der Waals surface area contributed by atoms with Crippen LogP contribution in [0, 0.1) is 18.6 Å². The highest BCUT2D eigenvalue weighted by Crippen LogP contribution is 2.26. The molecule has 0 aliphatic carbocycles. The number of hydrogen-bond donors (Lipinski definition) is 1. The zero-order chi connectivity index (χ0) is 14.3. The van der Waals surface area contributed by atoms with E-state index in [0.29, 0.717) is 11.3 Å². The normalized spacial score (nSPS) is 11.2. The van der Waals surface area contributed by atoms with E-state index in [4.69, 9.17) is 21.5 Å². The average Bonchev–Trinajstić information content (AvgIpc) is 2.93. The Balaban J connectivity index is 2.17. The number of para-hydroxylation sites is 1. The fourth-order valence-electron chi connectivity index (χ4n) is 2.37. The van der Waals surface area contributed by atoms with Gasteiger partial charge in [0.25, 0.3) is 0 Å². The second kappa shape index (κ2) is 4.79. The van der Waals surface area contributed by atoms with E-state index in [1.165, 1.54) is 0 Å². The van der Waals surface area contributed by atoms with Crippen molar-refractivity contribution in [2.24, 2.45) is 0 Å². The van der Waals surface area contributed by atoms with E-state index in [1.807, 2.05) is 36.6 Å². The number of ether oxygens (including phenoxy) is 1. The Hall–Kier alpha value is -2.08. The molecule has 0 saturated heterocycles. The molecule has 0 aliphatic heterocycles. The molecule has 0 saturated carbocycles. The predicted molar refractivity (Wildman–Crippen MR) is 78.8 cm³/mol. The quantitative estimate of drug-likeness (QED) is 0.751. The maximum atomic E-state index is 5.42. The molecule has 0 unspecified atom stereocenters. The SMILES string of the molecule is COc1cccc2c1[nH]c(=S)n2Cc1c(C)noc1C. The molecule has 0 bridgehead atoms. The summed E-state index contributed by atoms with van der Waals surface area (Å²) in [6, 6.07) is 5.88. The molecule has 0 aliphatic rings. The zero-order valence-corrected chi connectivity index (χ0v) is 12.4. The largest absolute Gasteiger partial charge is 0.494 e. The highest BCUT2D eigenvalue weighted by molar-refractivity contribution is 7.71. The first-order valence-electron chi connectivity index (χ1n) is 6.29. The molecule has 6 heteroatoms. The molecule has 1 aromatic carbocycles. The lowest BCUT2D eigenvalue weighted by Crippen LogP contribution is -2.01. The Morgan fingerprint density at radius 3 is 2.85 bits per heavy atom. The summed E-state index contributed by atoms with van der Waals surface area (Å²) >= 11 is 5.42. The molecule has 0 fully saturated rings. The third-order valence-electron chi connectivity index (χ3n) is 3.49. The molecule has 2 aromatic heterocycles. The fourth-order valence-corrected chi connectivity index (χ4v) is 2.63. The van der Waals surface area contributed by atoms with Gasteiger partial charge in [-0.15, -0.1) is 0 Å². The molecule has 104 valence electrons. The first-order valence-corrected chi connectivity index (χ1v) is 6.70. The van der Waals surface area contributed by atoms with Crippen molar-refractivity contribution in [3.8, 4) is 5.75 Å². The zero-order valence-electron chi connectivity index (χ0n) is 11.6. The van der Waals surface area contributed by atoms with Gasteiger partial charge in [0.1, 0.15) is 17.0 Å². The minimum Gasteiger partial charge on any atom is -0.494 e. The van der Waals surface area contributed by atoms with Crippen LogP contribution in [0.3, 0.4) is 0 Å². The summed E-state index contributed by atoms with van der Waals surface area (Å²) in [5.41, 5.74) is 3.87. The van der Waals surface area contributed by atoms with Crippen LogP contribution >= 0.6 is 12.2 Å². The van der Waals surface area contributed by atoms with Gasteiger partial charge in [-0.3, -0.25) is 0 Å². The first-order chi connectivity index (χ1) is 9.61. The van der Waals surface area contributed by atoms with Crippen molar-refractivity contribution in [3.05, 3.63) is 40.0 Å². The number of aryl methyl sites for hydroxylation is 2. The number of fused-ring (bicyclic) bond motifs is 1. The molecule has 0 atom stereocenters. The maximum Gasteiger partial charge on any atom is 0.178 e. The van der Waals surface area contributed by atoms with Crippen molar-refractivity contribution >= 4 is 23.3 Å². The highest BCUT2D eigenvalue weighted by Gasteiger charge is 2.14. The van der Waals surface area contributed by atoms with Crippen molar-refractivity contribution in [2.75, 3.05) is 7.11 Å². The van der Waals surface area contributed by atoms with E-state index in [9.17, 15) is 0 Å². The van der Waals surface area contributed by atoms with Crippen LogP contribution < -0.4 is 4.74 Å². The van der Waals surface area contributed by atoms with Crippen LogP contribution in [-0.2, 0) is 6.54 Å². The van der Waals surface area contributed by atoms with Gasteiger partial charge in [-0.25, -0.2) is 0 Å². The second-order valence-electron chi connectivity index (χ2n) is 4.67. The molecule has 3 aromatic rings. The summed E-state index contributed by atoms with van der Waals surface area (Å²) in [6.07, 6.45) is 0. The van der Waals surface area contributed by atoms with Crippen LogP contribution in [0.1, 0.15) is 17.0 Å². The molecule has 2 heterocycles. The van der Waals surface area contributed by atoms with Crippen LogP contribution in [0.15, 0.2) is 22.7 Å². The lowest BCUT2D eigenvalue weighted by molar-refractivity contribution is 0.392. The van der Waals surface area contributed by atoms with Crippen LogP contribution in [0.5, 0.6) is 5.75 Å². The Kier molecular flexibility index (Phi) is 3.10. The molecular formula is C14H15N3O2S. The summed E-state index contributed by atoms with van der Waals surface area (Å²) in [5, 5.41) is 3.98. The third-order valence-corrected chi connectivity index (χ3v) is 3.81. The van der Waals surface area contributed by atoms with Crippen molar-refractivity contribution < 1.29 is 9.26 Å². The molecule has 5 nitrogen and oxygen atoms in total. The van der Waals surface area contributed by atoms with Crippen LogP contribution in [-0.4, -0.2) is 21.8 Å². The van der Waals surface area contributed by atoms with Gasteiger partial charge >= 0.3 is 0 Å². The molecule has 20 heavy (non-hydrogen) atoms. The van der Waals surface area contributed by atoms with Crippen molar-refractivity contribution in [1.82, 2.24) is 14.7 Å². The Bertz CT molecular complexity index is 809. The molecule has 3 rings (SSSR count). The summed E-state index contributed by atoms with van der Waals surface area (Å²) in [5.74, 6) is 1.60. The van der Waals surface area contributed by atoms with E-state index < -0.39 is 0 Å². The first kappa shape index (κ1) is 12.9. The standard InChI is InChI=1S/C14H15N3O2S/c1-8-10(9(2)19-16-8)7-17-11-5-4-6-12(18-3)13(11)15-14(17)20/h4-6H,7H2,1-3H3,(H,15,20). The average molecular weight is 289 g/mol. The molecule has 0 spiro atoms. The van der Waals surface area contributed by atoms with E-state index >= 15 is 0 Å². The molecular weight excluding hydrogens is 274 g/mol. The van der Waals surface area contributed by atoms with E-state index in [2.05, 4.69) is 10.1 Å². The van der Waals surface area contributed by atoms with Crippen LogP contribution in [0.4, 0.5) is 0 Å². The maximum absolute atomic E-state index is 5.42. The van der Waals surface area contributed by atoms with Crippen LogP contribution in [0.2, 0.25) is 0 Å². The predicted octanol–water partition coefficient (Wildman–Crippen LogP) is 3.36. The summed E-state index contributed by atoms with van der Waals surface area (Å²) in [7, 11) is 1.65. The van der Waals surface area contributed by atoms with Gasteiger partial charge in [-0.1, -0.05) is 11.2 Å². The number of aromatic amines is 1. The number of hydrogen-bond acceptors (Lipinski definition) is 4. The number of rotatable bonds is 3. The third kappa shape index (κ3) is 1.92. The second-order valence-corrected chi connectivity index (χ2v) is 5.06. The minimum absolute atomic E-state index is 0.632. The van der Waals surface area contributed by atoms with E-state index in [0.717, 1.165) is 33.8 Å². The lowest BCUT2D eigenvalue weighted by atomic mass is 10.2. The van der Waals surface area contributed by atoms with Gasteiger partial charge in [0.15, 0.2) is 4.77 Å². The molecule has 1 N–H and O–H groups in total. The Morgan fingerprint density at radius 2 is 2.20 bits per heavy atom. The summed E-state index contributed by atoms with van der Waals surface area (Å²) < 4.78 is 13.2. The lowest BCUT2D eigenvalue weighted by Gasteiger charge is -2.05.